The summed E-state index contributed by atoms with van der Waals surface area (Å²) in [5, 5.41) is 6.73. The highest BCUT2D eigenvalue weighted by molar-refractivity contribution is 6.07. The van der Waals surface area contributed by atoms with E-state index in [1.807, 2.05) is 30.5 Å². The molecule has 1 saturated carbocycles. The maximum absolute atomic E-state index is 12.8. The fourth-order valence-corrected chi connectivity index (χ4v) is 4.08. The molecule has 0 bridgehead atoms. The van der Waals surface area contributed by atoms with E-state index in [2.05, 4.69) is 15.6 Å². The number of urea groups is 1. The van der Waals surface area contributed by atoms with Gasteiger partial charge in [0.15, 0.2) is 0 Å². The Balaban J connectivity index is 1.45. The summed E-state index contributed by atoms with van der Waals surface area (Å²) in [6, 6.07) is 6.02. The van der Waals surface area contributed by atoms with Crippen LogP contribution in [0, 0.1) is 0 Å². The van der Waals surface area contributed by atoms with E-state index >= 15 is 0 Å². The Morgan fingerprint density at radius 2 is 2.00 bits per heavy atom. The monoisotopic (exact) mass is 368 g/mol. The highest BCUT2D eigenvalue weighted by Crippen LogP contribution is 2.22. The van der Waals surface area contributed by atoms with Crippen molar-refractivity contribution in [2.75, 3.05) is 0 Å². The quantitative estimate of drug-likeness (QED) is 0.705. The zero-order valence-corrected chi connectivity index (χ0v) is 15.3. The molecule has 4 amide bonds. The Morgan fingerprint density at radius 1 is 1.26 bits per heavy atom. The van der Waals surface area contributed by atoms with Crippen LogP contribution in [0.3, 0.4) is 0 Å². The van der Waals surface area contributed by atoms with E-state index in [0.29, 0.717) is 6.42 Å². The minimum Gasteiger partial charge on any atom is -0.361 e. The van der Waals surface area contributed by atoms with Crippen LogP contribution in [-0.2, 0) is 16.0 Å². The summed E-state index contributed by atoms with van der Waals surface area (Å²) in [7, 11) is 0. The predicted molar refractivity (Wildman–Crippen MR) is 101 cm³/mol. The number of carbonyl (C=O) groups excluding carboxylic acids is 3. The highest BCUT2D eigenvalue weighted by atomic mass is 16.2. The van der Waals surface area contributed by atoms with E-state index in [-0.39, 0.29) is 17.9 Å². The molecule has 7 heteroatoms. The molecular formula is C20H24N4O3. The average molecular weight is 368 g/mol. The molecule has 1 aliphatic heterocycles. The number of nitrogens with zero attached hydrogens (tertiary/aromatic N) is 1. The van der Waals surface area contributed by atoms with E-state index in [1.54, 1.807) is 6.92 Å². The molecule has 2 aromatic rings. The van der Waals surface area contributed by atoms with Gasteiger partial charge in [0.05, 0.1) is 0 Å². The van der Waals surface area contributed by atoms with Gasteiger partial charge in [0.1, 0.15) is 12.1 Å². The topological polar surface area (TPSA) is 94.3 Å². The first-order valence-electron chi connectivity index (χ1n) is 9.53. The molecule has 2 aliphatic rings. The van der Waals surface area contributed by atoms with Crippen molar-refractivity contribution in [1.82, 2.24) is 20.5 Å². The molecule has 1 aromatic heterocycles. The van der Waals surface area contributed by atoms with Crippen molar-refractivity contribution >= 4 is 28.7 Å². The van der Waals surface area contributed by atoms with Gasteiger partial charge in [-0.05, 0) is 31.4 Å². The van der Waals surface area contributed by atoms with Crippen LogP contribution in [0.5, 0.6) is 0 Å². The summed E-state index contributed by atoms with van der Waals surface area (Å²) in [4.78, 5) is 41.9. The van der Waals surface area contributed by atoms with Gasteiger partial charge in [-0.15, -0.1) is 0 Å². The predicted octanol–water partition coefficient (Wildman–Crippen LogP) is 2.08. The summed E-state index contributed by atoms with van der Waals surface area (Å²) in [6.45, 7) is 1.61. The fraction of sp³-hybridized carbons (Fsp3) is 0.450. The lowest BCUT2D eigenvalue weighted by Crippen LogP contribution is -2.50. The number of H-pyrrole nitrogens is 1. The number of hydrogen-bond donors (Lipinski definition) is 3. The Bertz CT molecular complexity index is 884. The first-order valence-corrected chi connectivity index (χ1v) is 9.53. The van der Waals surface area contributed by atoms with E-state index in [1.165, 1.54) is 0 Å². The van der Waals surface area contributed by atoms with Crippen LogP contribution in [0.2, 0.25) is 0 Å². The van der Waals surface area contributed by atoms with Crippen molar-refractivity contribution in [3.63, 3.8) is 0 Å². The van der Waals surface area contributed by atoms with Gasteiger partial charge in [-0.25, -0.2) is 4.79 Å². The number of para-hydroxylation sites is 1. The van der Waals surface area contributed by atoms with Gasteiger partial charge < -0.3 is 15.6 Å². The number of benzene rings is 1. The molecular weight excluding hydrogens is 344 g/mol. The van der Waals surface area contributed by atoms with Gasteiger partial charge in [-0.2, -0.15) is 0 Å². The molecule has 0 unspecified atom stereocenters. The van der Waals surface area contributed by atoms with Gasteiger partial charge in [-0.1, -0.05) is 31.0 Å². The summed E-state index contributed by atoms with van der Waals surface area (Å²) in [5.41, 5.74) is 1.96. The molecule has 0 spiro atoms. The SMILES string of the molecule is C[C@@H](C(=O)NC1CCCC1)N1C(=O)N[C@@H](Cc2c[nH]c3ccccc23)C1=O. The van der Waals surface area contributed by atoms with Crippen molar-refractivity contribution in [1.29, 1.82) is 0 Å². The molecule has 3 N–H and O–H groups in total. The summed E-state index contributed by atoms with van der Waals surface area (Å²) in [5.74, 6) is -0.613. The zero-order chi connectivity index (χ0) is 19.0. The third-order valence-electron chi connectivity index (χ3n) is 5.62. The van der Waals surface area contributed by atoms with Gasteiger partial charge >= 0.3 is 6.03 Å². The fourth-order valence-electron chi connectivity index (χ4n) is 4.08. The third-order valence-corrected chi connectivity index (χ3v) is 5.62. The molecule has 1 saturated heterocycles. The van der Waals surface area contributed by atoms with Crippen LogP contribution in [0.25, 0.3) is 10.9 Å². The van der Waals surface area contributed by atoms with Crippen LogP contribution in [0.15, 0.2) is 30.5 Å². The Morgan fingerprint density at radius 3 is 2.78 bits per heavy atom. The summed E-state index contributed by atoms with van der Waals surface area (Å²) >= 11 is 0. The first-order chi connectivity index (χ1) is 13.0. The second-order valence-electron chi connectivity index (χ2n) is 7.44. The van der Waals surface area contributed by atoms with Crippen molar-refractivity contribution in [3.8, 4) is 0 Å². The molecule has 4 rings (SSSR count). The smallest absolute Gasteiger partial charge is 0.325 e. The standard InChI is InChI=1S/C20H24N4O3/c1-12(18(25)22-14-6-2-3-7-14)24-19(26)17(23-20(24)27)10-13-11-21-16-9-5-4-8-15(13)16/h4-5,8-9,11-12,14,17,21H,2-3,6-7,10H2,1H3,(H,22,25)(H,23,27)/t12-,17-/m0/s1. The second kappa shape index (κ2) is 7.06. The van der Waals surface area contributed by atoms with E-state index in [4.69, 9.17) is 0 Å². The lowest BCUT2D eigenvalue weighted by Gasteiger charge is -2.23. The van der Waals surface area contributed by atoms with Crippen molar-refractivity contribution in [3.05, 3.63) is 36.0 Å². The molecule has 2 atom stereocenters. The normalized spacial score (nSPS) is 21.7. The lowest BCUT2D eigenvalue weighted by atomic mass is 10.0. The van der Waals surface area contributed by atoms with Gasteiger partial charge in [-0.3, -0.25) is 14.5 Å². The number of hydrogen-bond acceptors (Lipinski definition) is 3. The van der Waals surface area contributed by atoms with Gasteiger partial charge in [0.2, 0.25) is 5.91 Å². The molecule has 27 heavy (non-hydrogen) atoms. The average Bonchev–Trinajstić information content (AvgIpc) is 3.36. The molecule has 1 aromatic carbocycles. The Kier molecular flexibility index (Phi) is 4.59. The number of fused-ring (bicyclic) bond motifs is 1. The van der Waals surface area contributed by atoms with E-state index < -0.39 is 18.1 Å². The molecule has 2 heterocycles. The third kappa shape index (κ3) is 3.29. The summed E-state index contributed by atoms with van der Waals surface area (Å²) in [6.07, 6.45) is 6.39. The minimum absolute atomic E-state index is 0.155. The number of imide groups is 1. The Labute approximate surface area is 157 Å². The van der Waals surface area contributed by atoms with Crippen LogP contribution < -0.4 is 10.6 Å². The van der Waals surface area contributed by atoms with Gasteiger partial charge in [0.25, 0.3) is 5.91 Å². The maximum Gasteiger partial charge on any atom is 0.325 e. The van der Waals surface area contributed by atoms with Crippen LogP contribution >= 0.6 is 0 Å². The number of carbonyl (C=O) groups is 3. The number of aromatic nitrogens is 1. The van der Waals surface area contributed by atoms with E-state index in [9.17, 15) is 14.4 Å². The van der Waals surface area contributed by atoms with Crippen LogP contribution in [0.4, 0.5) is 4.79 Å². The van der Waals surface area contributed by atoms with E-state index in [0.717, 1.165) is 47.0 Å². The molecule has 7 nitrogen and oxygen atoms in total. The zero-order valence-electron chi connectivity index (χ0n) is 15.3. The molecule has 2 fully saturated rings. The molecule has 1 aliphatic carbocycles. The Hall–Kier alpha value is -2.83. The van der Waals surface area contributed by atoms with Crippen molar-refractivity contribution in [2.45, 2.75) is 57.2 Å². The lowest BCUT2D eigenvalue weighted by molar-refractivity contribution is -0.135. The van der Waals surface area contributed by atoms with Gasteiger partial charge in [0, 0.05) is 29.6 Å². The summed E-state index contributed by atoms with van der Waals surface area (Å²) < 4.78 is 0. The van der Waals surface area contributed by atoms with Crippen molar-refractivity contribution in [2.24, 2.45) is 0 Å². The maximum atomic E-state index is 12.8. The van der Waals surface area contributed by atoms with Crippen LogP contribution in [0.1, 0.15) is 38.2 Å². The number of rotatable bonds is 5. The number of amides is 4. The number of nitrogens with one attached hydrogen (secondary N) is 3. The van der Waals surface area contributed by atoms with Crippen molar-refractivity contribution < 1.29 is 14.4 Å². The largest absolute Gasteiger partial charge is 0.361 e. The number of aromatic amines is 1. The highest BCUT2D eigenvalue weighted by Gasteiger charge is 2.43. The molecule has 142 valence electrons. The first kappa shape index (κ1) is 17.6. The second-order valence-corrected chi connectivity index (χ2v) is 7.44. The van der Waals surface area contributed by atoms with Crippen LogP contribution in [-0.4, -0.2) is 45.9 Å². The minimum atomic E-state index is -0.814. The molecule has 0 radical (unpaired) electrons.